The predicted octanol–water partition coefficient (Wildman–Crippen LogP) is 19.3. The number of unbranched alkanes of at least 4 members (excludes halogenated alkanes) is 13. The Morgan fingerprint density at radius 1 is 0.397 bits per heavy atom. The number of carbonyl (C=O) groups is 2. The molecule has 0 aromatic carbocycles. The zero-order valence-electron chi connectivity index (χ0n) is 49.8. The first-order valence-electron chi connectivity index (χ1n) is 30.2. The van der Waals surface area contributed by atoms with Crippen LogP contribution in [-0.2, 0) is 32.7 Å². The molecule has 9 nitrogen and oxygen atoms in total. The third-order valence-corrected chi connectivity index (χ3v) is 13.0. The summed E-state index contributed by atoms with van der Waals surface area (Å²) >= 11 is 0. The first-order chi connectivity index (χ1) is 38.0. The van der Waals surface area contributed by atoms with Gasteiger partial charge in [-0.3, -0.25) is 18.6 Å². The molecule has 0 saturated heterocycles. The fraction of sp³-hybridized carbons (Fsp3) is 0.588. The zero-order valence-corrected chi connectivity index (χ0v) is 50.7. The first kappa shape index (κ1) is 73.6. The maximum atomic E-state index is 12.8. The normalized spacial score (nSPS) is 14.4. The molecular weight excluding hydrogens is 990 g/mol. The van der Waals surface area contributed by atoms with Gasteiger partial charge in [-0.15, -0.1) is 0 Å². The molecule has 0 heterocycles. The molecule has 2 atom stereocenters. The standard InChI is InChI=1S/C68H110NO8P/c1-6-8-10-12-14-16-18-20-22-24-26-28-30-32-33-34-35-37-39-41-43-45-47-49-51-53-55-57-59-61-68(71)77-66(65-76-78(72,73)75-63-62-69(3,4)5)64-74-67(70)60-58-56-54-52-50-48-46-44-42-40-38-36-31-29-27-25-23-21-19-17-15-13-11-9-7-2/h8-11,14-17,20-23,26-29,32-33,35-38,41,43,47,49,66H,6-7,12-13,18-19,24-25,30-31,34,39-40,42,44-46,48,50-65H2,1-5H3/p+1/b10-8-,11-9-,16-14-,17-15-,22-20-,23-21-,28-26-,29-27-,33-32-,37-35-,38-36-,43-41-,49-47-. The molecule has 0 bridgehead atoms. The Hall–Kier alpha value is -4.37. The van der Waals surface area contributed by atoms with Crippen molar-refractivity contribution in [1.29, 1.82) is 0 Å². The smallest absolute Gasteiger partial charge is 0.462 e. The Morgan fingerprint density at radius 2 is 0.692 bits per heavy atom. The van der Waals surface area contributed by atoms with Gasteiger partial charge in [0, 0.05) is 12.8 Å². The zero-order chi connectivity index (χ0) is 57.0. The first-order valence-corrected chi connectivity index (χ1v) is 31.7. The number of esters is 2. The summed E-state index contributed by atoms with van der Waals surface area (Å²) in [7, 11) is 1.43. The van der Waals surface area contributed by atoms with Crippen LogP contribution in [0.1, 0.15) is 206 Å². The lowest BCUT2D eigenvalue weighted by molar-refractivity contribution is -0.870. The second kappa shape index (κ2) is 57.3. The van der Waals surface area contributed by atoms with Gasteiger partial charge in [0.2, 0.25) is 0 Å². The summed E-state index contributed by atoms with van der Waals surface area (Å²) in [4.78, 5) is 35.8. The maximum Gasteiger partial charge on any atom is 0.472 e. The minimum absolute atomic E-state index is 0.0156. The Balaban J connectivity index is 4.28. The van der Waals surface area contributed by atoms with Gasteiger partial charge in [0.25, 0.3) is 0 Å². The molecular formula is C68H111NO8P+. The van der Waals surface area contributed by atoms with Gasteiger partial charge in [0.05, 0.1) is 27.7 Å². The predicted molar refractivity (Wildman–Crippen MR) is 334 cm³/mol. The Labute approximate surface area is 477 Å². The number of rotatable bonds is 53. The molecule has 10 heteroatoms. The highest BCUT2D eigenvalue weighted by atomic mass is 31.2. The van der Waals surface area contributed by atoms with Gasteiger partial charge in [-0.1, -0.05) is 230 Å². The topological polar surface area (TPSA) is 108 Å². The molecule has 0 rings (SSSR count). The number of ether oxygens (including phenoxy) is 2. The van der Waals surface area contributed by atoms with Crippen LogP contribution in [0, 0.1) is 0 Å². The lowest BCUT2D eigenvalue weighted by Gasteiger charge is -2.24. The van der Waals surface area contributed by atoms with E-state index in [-0.39, 0.29) is 32.0 Å². The van der Waals surface area contributed by atoms with Gasteiger partial charge in [-0.05, 0) is 122 Å². The van der Waals surface area contributed by atoms with Crippen molar-refractivity contribution in [3.63, 3.8) is 0 Å². The number of allylic oxidation sites excluding steroid dienone is 26. The quantitative estimate of drug-likeness (QED) is 0.0211. The lowest BCUT2D eigenvalue weighted by atomic mass is 10.1. The van der Waals surface area contributed by atoms with Crippen LogP contribution in [0.25, 0.3) is 0 Å². The van der Waals surface area contributed by atoms with Crippen molar-refractivity contribution in [1.82, 2.24) is 0 Å². The fourth-order valence-corrected chi connectivity index (χ4v) is 8.21. The number of carbonyl (C=O) groups excluding carboxylic acids is 2. The van der Waals surface area contributed by atoms with Crippen LogP contribution < -0.4 is 0 Å². The minimum atomic E-state index is -4.41. The van der Waals surface area contributed by atoms with Crippen molar-refractivity contribution in [2.45, 2.75) is 213 Å². The summed E-state index contributed by atoms with van der Waals surface area (Å²) in [5.74, 6) is -0.847. The molecule has 0 aromatic heterocycles. The van der Waals surface area contributed by atoms with Crippen LogP contribution in [-0.4, -0.2) is 74.9 Å². The summed E-state index contributed by atoms with van der Waals surface area (Å²) in [5, 5.41) is 0. The van der Waals surface area contributed by atoms with Crippen molar-refractivity contribution in [3.05, 3.63) is 158 Å². The summed E-state index contributed by atoms with van der Waals surface area (Å²) in [6, 6.07) is 0. The number of nitrogens with zero attached hydrogens (tertiary/aromatic N) is 1. The number of hydrogen-bond acceptors (Lipinski definition) is 7. The fourth-order valence-electron chi connectivity index (χ4n) is 7.47. The largest absolute Gasteiger partial charge is 0.472 e. The van der Waals surface area contributed by atoms with Crippen LogP contribution in [0.15, 0.2) is 158 Å². The minimum Gasteiger partial charge on any atom is -0.462 e. The molecule has 0 radical (unpaired) electrons. The van der Waals surface area contributed by atoms with Crippen molar-refractivity contribution >= 4 is 19.8 Å². The monoisotopic (exact) mass is 1100 g/mol. The molecule has 0 aliphatic heterocycles. The van der Waals surface area contributed by atoms with Gasteiger partial charge in [0.15, 0.2) is 6.10 Å². The van der Waals surface area contributed by atoms with Crippen LogP contribution in [0.5, 0.6) is 0 Å². The van der Waals surface area contributed by atoms with E-state index in [2.05, 4.69) is 172 Å². The van der Waals surface area contributed by atoms with E-state index in [1.54, 1.807) is 0 Å². The second-order valence-corrected chi connectivity index (χ2v) is 22.1. The Morgan fingerprint density at radius 3 is 1.03 bits per heavy atom. The van der Waals surface area contributed by atoms with Crippen molar-refractivity contribution in [2.24, 2.45) is 0 Å². The average molecular weight is 1100 g/mol. The molecule has 0 saturated carbocycles. The van der Waals surface area contributed by atoms with E-state index in [9.17, 15) is 19.0 Å². The second-order valence-electron chi connectivity index (χ2n) is 20.6. The van der Waals surface area contributed by atoms with Crippen LogP contribution in [0.2, 0.25) is 0 Å². The van der Waals surface area contributed by atoms with E-state index in [4.69, 9.17) is 18.5 Å². The van der Waals surface area contributed by atoms with Gasteiger partial charge >= 0.3 is 19.8 Å². The number of quaternary nitrogens is 1. The molecule has 78 heavy (non-hydrogen) atoms. The third-order valence-electron chi connectivity index (χ3n) is 12.1. The highest BCUT2D eigenvalue weighted by molar-refractivity contribution is 7.47. The molecule has 0 spiro atoms. The van der Waals surface area contributed by atoms with Crippen LogP contribution >= 0.6 is 7.82 Å². The summed E-state index contributed by atoms with van der Waals surface area (Å²) in [5.41, 5.74) is 0. The molecule has 0 amide bonds. The summed E-state index contributed by atoms with van der Waals surface area (Å²) in [6.45, 7) is 4.14. The van der Waals surface area contributed by atoms with Crippen LogP contribution in [0.3, 0.4) is 0 Å². The van der Waals surface area contributed by atoms with E-state index in [1.165, 1.54) is 32.1 Å². The van der Waals surface area contributed by atoms with E-state index >= 15 is 0 Å². The highest BCUT2D eigenvalue weighted by Gasteiger charge is 2.27. The molecule has 1 N–H and O–H groups in total. The number of phosphoric acid groups is 1. The van der Waals surface area contributed by atoms with Gasteiger partial charge in [-0.25, -0.2) is 4.57 Å². The molecule has 440 valence electrons. The Kier molecular flexibility index (Phi) is 54.1. The van der Waals surface area contributed by atoms with Gasteiger partial charge < -0.3 is 18.9 Å². The van der Waals surface area contributed by atoms with E-state index < -0.39 is 26.5 Å². The van der Waals surface area contributed by atoms with Crippen molar-refractivity contribution in [3.8, 4) is 0 Å². The summed E-state index contributed by atoms with van der Waals surface area (Å²) < 4.78 is 34.6. The van der Waals surface area contributed by atoms with E-state index in [0.29, 0.717) is 17.4 Å². The average Bonchev–Trinajstić information content (AvgIpc) is 3.41. The number of likely N-dealkylation sites (N-methyl/N-ethyl adjacent to an activating group) is 1. The van der Waals surface area contributed by atoms with Crippen molar-refractivity contribution < 1.29 is 42.1 Å². The SMILES string of the molecule is CC/C=C\C/C=C\C/C=C\C/C=C\C/C=C\C/C=C\C/C=C\C/C=C\CCCCCCC(=O)OC(COC(=O)CCCCCCCCCCC/C=C\C/C=C\C/C=C\C/C=C\C/C=C\CC)COP(=O)(O)OCC[N+](C)(C)C. The number of hydrogen-bond donors (Lipinski definition) is 1. The molecule has 0 fully saturated rings. The van der Waals surface area contributed by atoms with Gasteiger partial charge in [0.1, 0.15) is 19.8 Å². The third kappa shape index (κ3) is 60.9. The van der Waals surface area contributed by atoms with E-state index in [0.717, 1.165) is 141 Å². The van der Waals surface area contributed by atoms with Gasteiger partial charge in [-0.2, -0.15) is 0 Å². The molecule has 0 aliphatic rings. The highest BCUT2D eigenvalue weighted by Crippen LogP contribution is 2.43. The van der Waals surface area contributed by atoms with E-state index in [1.807, 2.05) is 21.1 Å². The maximum absolute atomic E-state index is 12.8. The van der Waals surface area contributed by atoms with Crippen LogP contribution in [0.4, 0.5) is 0 Å². The Bertz CT molecular complexity index is 1870. The number of phosphoric ester groups is 1. The molecule has 0 aromatic rings. The summed E-state index contributed by atoms with van der Waals surface area (Å²) in [6.07, 6.45) is 85.9. The lowest BCUT2D eigenvalue weighted by Crippen LogP contribution is -2.37. The molecule has 2 unspecified atom stereocenters. The molecule has 0 aliphatic carbocycles. The van der Waals surface area contributed by atoms with Crippen molar-refractivity contribution in [2.75, 3.05) is 47.5 Å².